The lowest BCUT2D eigenvalue weighted by Crippen LogP contribution is -2.21. The van der Waals surface area contributed by atoms with E-state index in [-0.39, 0.29) is 11.6 Å². The van der Waals surface area contributed by atoms with Crippen LogP contribution in [0.5, 0.6) is 0 Å². The second-order valence-corrected chi connectivity index (χ2v) is 7.13. The minimum Gasteiger partial charge on any atom is -0.457 e. The average molecular weight is 401 g/mol. The Morgan fingerprint density at radius 3 is 2.40 bits per heavy atom. The Morgan fingerprint density at radius 1 is 1.00 bits per heavy atom. The van der Waals surface area contributed by atoms with Crippen molar-refractivity contribution in [1.82, 2.24) is 0 Å². The number of hydrogen-bond donors (Lipinski definition) is 0. The number of benzene rings is 2. The number of carbonyl (C=O) groups excluding carboxylic acids is 1. The van der Waals surface area contributed by atoms with Gasteiger partial charge in [-0.3, -0.25) is 14.9 Å². The van der Waals surface area contributed by atoms with Crippen molar-refractivity contribution in [1.29, 1.82) is 0 Å². The lowest BCUT2D eigenvalue weighted by atomic mass is 10.1. The van der Waals surface area contributed by atoms with Gasteiger partial charge >= 0.3 is 0 Å². The summed E-state index contributed by atoms with van der Waals surface area (Å²) < 4.78 is 5.83. The lowest BCUT2D eigenvalue weighted by Gasteiger charge is -2.13. The number of nitro groups is 1. The topological polar surface area (TPSA) is 89.0 Å². The largest absolute Gasteiger partial charge is 0.457 e. The van der Waals surface area contributed by atoms with E-state index in [1.54, 1.807) is 37.3 Å². The number of carbonyl (C=O) groups is 1. The monoisotopic (exact) mass is 401 g/mol. The first-order valence-electron chi connectivity index (χ1n) is 9.37. The fraction of sp³-hybridized carbons (Fsp3) is 0.130. The molecule has 1 aliphatic rings. The molecular weight excluding hydrogens is 382 g/mol. The summed E-state index contributed by atoms with van der Waals surface area (Å²) >= 11 is 0. The molecule has 150 valence electrons. The van der Waals surface area contributed by atoms with Crippen molar-refractivity contribution in [3.63, 3.8) is 0 Å². The zero-order chi connectivity index (χ0) is 21.4. The molecule has 0 spiro atoms. The highest BCUT2D eigenvalue weighted by Crippen LogP contribution is 2.29. The maximum absolute atomic E-state index is 12.9. The van der Waals surface area contributed by atoms with Gasteiger partial charge in [0.25, 0.3) is 11.6 Å². The molecule has 7 nitrogen and oxygen atoms in total. The molecule has 3 aromatic rings. The Bertz CT molecular complexity index is 1220. The van der Waals surface area contributed by atoms with Crippen molar-refractivity contribution in [2.45, 2.75) is 20.8 Å². The van der Waals surface area contributed by atoms with Gasteiger partial charge in [0.1, 0.15) is 11.5 Å². The van der Waals surface area contributed by atoms with E-state index in [0.29, 0.717) is 28.4 Å². The van der Waals surface area contributed by atoms with Crippen molar-refractivity contribution in [2.75, 3.05) is 5.01 Å². The quantitative estimate of drug-likeness (QED) is 0.338. The maximum Gasteiger partial charge on any atom is 0.280 e. The van der Waals surface area contributed by atoms with Crippen molar-refractivity contribution in [3.8, 4) is 11.3 Å². The molecule has 2 aromatic carbocycles. The molecule has 0 atom stereocenters. The molecule has 1 amide bonds. The van der Waals surface area contributed by atoms with Crippen molar-refractivity contribution in [2.24, 2.45) is 5.10 Å². The zero-order valence-electron chi connectivity index (χ0n) is 16.7. The van der Waals surface area contributed by atoms with Crippen molar-refractivity contribution in [3.05, 3.63) is 87.2 Å². The summed E-state index contributed by atoms with van der Waals surface area (Å²) in [7, 11) is 0. The van der Waals surface area contributed by atoms with Crippen LogP contribution in [0.15, 0.2) is 69.7 Å². The molecule has 2 heterocycles. The highest BCUT2D eigenvalue weighted by molar-refractivity contribution is 6.32. The molecule has 0 aliphatic carbocycles. The van der Waals surface area contributed by atoms with E-state index in [2.05, 4.69) is 5.10 Å². The number of anilines is 1. The minimum atomic E-state index is -0.448. The second kappa shape index (κ2) is 7.44. The Labute approximate surface area is 173 Å². The molecule has 0 unspecified atom stereocenters. The van der Waals surface area contributed by atoms with Crippen LogP contribution >= 0.6 is 0 Å². The molecule has 30 heavy (non-hydrogen) atoms. The molecule has 1 aliphatic heterocycles. The van der Waals surface area contributed by atoms with Gasteiger partial charge in [0.2, 0.25) is 0 Å². The minimum absolute atomic E-state index is 0.0162. The summed E-state index contributed by atoms with van der Waals surface area (Å²) in [5.74, 6) is 0.843. The fourth-order valence-electron chi connectivity index (χ4n) is 3.19. The Kier molecular flexibility index (Phi) is 4.79. The first kappa shape index (κ1) is 19.3. The van der Waals surface area contributed by atoms with Gasteiger partial charge in [-0.15, -0.1) is 0 Å². The number of hydrogen-bond acceptors (Lipinski definition) is 5. The third kappa shape index (κ3) is 3.53. The molecule has 0 saturated carbocycles. The summed E-state index contributed by atoms with van der Waals surface area (Å²) in [6.07, 6.45) is 1.66. The van der Waals surface area contributed by atoms with Crippen molar-refractivity contribution >= 4 is 29.1 Å². The molecule has 0 fully saturated rings. The zero-order valence-corrected chi connectivity index (χ0v) is 16.7. The average Bonchev–Trinajstić information content (AvgIpc) is 3.30. The number of furan rings is 1. The van der Waals surface area contributed by atoms with Crippen LogP contribution in [-0.2, 0) is 4.79 Å². The Morgan fingerprint density at radius 2 is 1.73 bits per heavy atom. The van der Waals surface area contributed by atoms with E-state index in [1.807, 2.05) is 32.0 Å². The number of nitro benzene ring substituents is 1. The second-order valence-electron chi connectivity index (χ2n) is 7.13. The van der Waals surface area contributed by atoms with E-state index in [0.717, 1.165) is 16.8 Å². The summed E-state index contributed by atoms with van der Waals surface area (Å²) in [5, 5.41) is 16.6. The number of hydrazone groups is 1. The number of rotatable bonds is 4. The van der Waals surface area contributed by atoms with Crippen LogP contribution in [0.1, 0.15) is 23.8 Å². The predicted octanol–water partition coefficient (Wildman–Crippen LogP) is 5.28. The maximum atomic E-state index is 12.9. The van der Waals surface area contributed by atoms with E-state index < -0.39 is 4.92 Å². The van der Waals surface area contributed by atoms with Crippen LogP contribution in [0.2, 0.25) is 0 Å². The molecule has 0 radical (unpaired) electrons. The van der Waals surface area contributed by atoms with Gasteiger partial charge in [-0.05, 0) is 74.4 Å². The van der Waals surface area contributed by atoms with Gasteiger partial charge < -0.3 is 4.42 Å². The highest BCUT2D eigenvalue weighted by atomic mass is 16.6. The van der Waals surface area contributed by atoms with E-state index in [4.69, 9.17) is 4.42 Å². The molecule has 0 bridgehead atoms. The molecule has 0 N–H and O–H groups in total. The van der Waals surface area contributed by atoms with E-state index in [1.165, 1.54) is 17.1 Å². The summed E-state index contributed by atoms with van der Waals surface area (Å²) in [5.41, 5.74) is 4.74. The van der Waals surface area contributed by atoms with E-state index in [9.17, 15) is 14.9 Å². The molecule has 1 aromatic heterocycles. The predicted molar refractivity (Wildman–Crippen MR) is 115 cm³/mol. The first-order chi connectivity index (χ1) is 14.3. The number of amides is 1. The highest BCUT2D eigenvalue weighted by Gasteiger charge is 2.29. The van der Waals surface area contributed by atoms with Gasteiger partial charge in [-0.2, -0.15) is 10.1 Å². The number of non-ortho nitro benzene ring substituents is 1. The van der Waals surface area contributed by atoms with Crippen LogP contribution in [0.25, 0.3) is 17.4 Å². The Hall–Kier alpha value is -4.00. The summed E-state index contributed by atoms with van der Waals surface area (Å²) in [4.78, 5) is 23.3. The first-order valence-corrected chi connectivity index (χ1v) is 9.37. The van der Waals surface area contributed by atoms with Crippen LogP contribution in [-0.4, -0.2) is 16.5 Å². The van der Waals surface area contributed by atoms with E-state index >= 15 is 0 Å². The van der Waals surface area contributed by atoms with Gasteiger partial charge in [-0.1, -0.05) is 6.07 Å². The summed E-state index contributed by atoms with van der Waals surface area (Å²) in [6.45, 7) is 5.80. The Balaban J connectivity index is 1.59. The lowest BCUT2D eigenvalue weighted by molar-refractivity contribution is -0.384. The van der Waals surface area contributed by atoms with Crippen LogP contribution in [0.3, 0.4) is 0 Å². The molecule has 0 saturated heterocycles. The third-order valence-electron chi connectivity index (χ3n) is 5.07. The standard InChI is InChI=1S/C23H19N3O4/c1-14-4-7-19(12-15(14)2)25-23(27)21(16(3)24-25)13-20-10-11-22(30-20)17-5-8-18(9-6-17)26(28)29/h4-13H,1-3H3/b21-13-. The van der Waals surface area contributed by atoms with Crippen molar-refractivity contribution < 1.29 is 14.1 Å². The third-order valence-corrected chi connectivity index (χ3v) is 5.07. The molecule has 4 rings (SSSR count). The number of aryl methyl sites for hydroxylation is 2. The van der Waals surface area contributed by atoms with Crippen LogP contribution in [0.4, 0.5) is 11.4 Å². The van der Waals surface area contributed by atoms with Crippen LogP contribution < -0.4 is 5.01 Å². The van der Waals surface area contributed by atoms with Gasteiger partial charge in [0, 0.05) is 17.7 Å². The number of nitrogens with zero attached hydrogens (tertiary/aromatic N) is 3. The van der Waals surface area contributed by atoms with Gasteiger partial charge in [0.15, 0.2) is 0 Å². The fourth-order valence-corrected chi connectivity index (χ4v) is 3.19. The smallest absolute Gasteiger partial charge is 0.280 e. The SMILES string of the molecule is CC1=NN(c2ccc(C)c(C)c2)C(=O)/C1=C\c1ccc(-c2ccc([N+](=O)[O-])cc2)o1. The normalized spacial score (nSPS) is 15.0. The summed E-state index contributed by atoms with van der Waals surface area (Å²) in [6, 6.07) is 15.4. The van der Waals surface area contributed by atoms with Gasteiger partial charge in [-0.25, -0.2) is 0 Å². The molecule has 7 heteroatoms. The van der Waals surface area contributed by atoms with Gasteiger partial charge in [0.05, 0.1) is 21.9 Å². The van der Waals surface area contributed by atoms with Crippen LogP contribution in [0, 0.1) is 24.0 Å². The molecular formula is C23H19N3O4.